The summed E-state index contributed by atoms with van der Waals surface area (Å²) in [6.45, 7) is 5.12. The van der Waals surface area contributed by atoms with Crippen LogP contribution in [0.15, 0.2) is 0 Å². The van der Waals surface area contributed by atoms with Gasteiger partial charge in [0.2, 0.25) is 0 Å². The van der Waals surface area contributed by atoms with E-state index in [-0.39, 0.29) is 11.7 Å². The van der Waals surface area contributed by atoms with Crippen molar-refractivity contribution in [1.82, 2.24) is 0 Å². The molecule has 0 bridgehead atoms. The molecule has 0 saturated heterocycles. The minimum atomic E-state index is -0.456. The zero-order valence-electron chi connectivity index (χ0n) is 6.22. The van der Waals surface area contributed by atoms with E-state index in [9.17, 15) is 4.79 Å². The normalized spacial score (nSPS) is 16.9. The molecule has 54 valence electrons. The van der Waals surface area contributed by atoms with Crippen molar-refractivity contribution in [3.63, 3.8) is 0 Å². The lowest BCUT2D eigenvalue weighted by Crippen LogP contribution is -2.22. The summed E-state index contributed by atoms with van der Waals surface area (Å²) in [5.74, 6) is -0.139. The number of hydrogen-bond donors (Lipinski definition) is 1. The van der Waals surface area contributed by atoms with Gasteiger partial charge in [-0.3, -0.25) is 4.79 Å². The number of carbonyl (C=O) groups is 1. The molecule has 2 atom stereocenters. The third kappa shape index (κ3) is 2.61. The highest BCUT2D eigenvalue weighted by Gasteiger charge is 2.15. The minimum absolute atomic E-state index is 0.0596. The molecule has 1 N–H and O–H groups in total. The van der Waals surface area contributed by atoms with Crippen LogP contribution >= 0.6 is 0 Å². The van der Waals surface area contributed by atoms with Crippen LogP contribution in [0.4, 0.5) is 0 Å². The summed E-state index contributed by atoms with van der Waals surface area (Å²) in [4.78, 5) is 10.6. The quantitative estimate of drug-likeness (QED) is 0.618. The molecule has 0 radical (unpaired) electrons. The van der Waals surface area contributed by atoms with E-state index in [1.165, 1.54) is 6.92 Å². The number of carbonyl (C=O) groups excluding carboxylic acids is 1. The summed E-state index contributed by atoms with van der Waals surface area (Å²) in [6, 6.07) is 0. The van der Waals surface area contributed by atoms with Gasteiger partial charge < -0.3 is 5.11 Å². The molecule has 0 aliphatic heterocycles. The summed E-state index contributed by atoms with van der Waals surface area (Å²) in [5.41, 5.74) is 0. The molecule has 0 heterocycles. The molecule has 0 aliphatic carbocycles. The molecule has 0 aliphatic rings. The second-order valence-electron chi connectivity index (χ2n) is 2.37. The van der Waals surface area contributed by atoms with Gasteiger partial charge in [0.05, 0.1) is 6.10 Å². The molecule has 0 unspecified atom stereocenters. The summed E-state index contributed by atoms with van der Waals surface area (Å²) >= 11 is 0. The predicted molar refractivity (Wildman–Crippen MR) is 36.1 cm³/mol. The number of aliphatic hydroxyl groups excluding tert-OH is 1. The molecule has 0 aromatic carbocycles. The molecule has 0 rings (SSSR count). The maximum absolute atomic E-state index is 10.6. The van der Waals surface area contributed by atoms with Crippen molar-refractivity contribution >= 4 is 5.78 Å². The molecule has 0 spiro atoms. The molecule has 0 saturated carbocycles. The Hall–Kier alpha value is -0.370. The standard InChI is InChI=1S/C7H14O2/c1-4-7(9)5(2)6(3)8/h5,7,9H,4H2,1-3H3/t5-,7+/m1/s1. The molecule has 2 heteroatoms. The highest BCUT2D eigenvalue weighted by Crippen LogP contribution is 2.06. The Morgan fingerprint density at radius 2 is 2.11 bits per heavy atom. The zero-order valence-corrected chi connectivity index (χ0v) is 6.22. The van der Waals surface area contributed by atoms with Crippen molar-refractivity contribution in [3.05, 3.63) is 0 Å². The van der Waals surface area contributed by atoms with Crippen LogP contribution in [0.2, 0.25) is 0 Å². The van der Waals surface area contributed by atoms with Gasteiger partial charge in [0.15, 0.2) is 0 Å². The van der Waals surface area contributed by atoms with E-state index in [4.69, 9.17) is 5.11 Å². The molecular weight excluding hydrogens is 116 g/mol. The van der Waals surface area contributed by atoms with Gasteiger partial charge in [-0.15, -0.1) is 0 Å². The first-order valence-corrected chi connectivity index (χ1v) is 3.28. The second kappa shape index (κ2) is 3.62. The summed E-state index contributed by atoms with van der Waals surface area (Å²) in [6.07, 6.45) is 0.197. The largest absolute Gasteiger partial charge is 0.392 e. The SMILES string of the molecule is CC[C@H](O)[C@H](C)C(C)=O. The van der Waals surface area contributed by atoms with Gasteiger partial charge in [0.25, 0.3) is 0 Å². The Kier molecular flexibility index (Phi) is 3.47. The van der Waals surface area contributed by atoms with E-state index < -0.39 is 6.10 Å². The van der Waals surface area contributed by atoms with Crippen molar-refractivity contribution in [2.24, 2.45) is 5.92 Å². The first-order valence-electron chi connectivity index (χ1n) is 3.28. The van der Waals surface area contributed by atoms with Crippen molar-refractivity contribution in [2.45, 2.75) is 33.3 Å². The van der Waals surface area contributed by atoms with Gasteiger partial charge >= 0.3 is 0 Å². The van der Waals surface area contributed by atoms with Crippen molar-refractivity contribution < 1.29 is 9.90 Å². The number of hydrogen-bond acceptors (Lipinski definition) is 2. The molecule has 0 aromatic rings. The Balaban J connectivity index is 3.72. The molecule has 2 nitrogen and oxygen atoms in total. The Bertz CT molecular complexity index is 99.1. The Labute approximate surface area is 55.9 Å². The summed E-state index contributed by atoms with van der Waals surface area (Å²) in [5, 5.41) is 9.08. The van der Waals surface area contributed by atoms with Crippen LogP contribution in [0.5, 0.6) is 0 Å². The highest BCUT2D eigenvalue weighted by atomic mass is 16.3. The fourth-order valence-corrected chi connectivity index (χ4v) is 0.624. The third-order valence-corrected chi connectivity index (χ3v) is 1.64. The topological polar surface area (TPSA) is 37.3 Å². The van der Waals surface area contributed by atoms with Crippen LogP contribution in [0.25, 0.3) is 0 Å². The molecule has 0 aromatic heterocycles. The highest BCUT2D eigenvalue weighted by molar-refractivity contribution is 5.78. The molecular formula is C7H14O2. The van der Waals surface area contributed by atoms with Crippen molar-refractivity contribution in [1.29, 1.82) is 0 Å². The fourth-order valence-electron chi connectivity index (χ4n) is 0.624. The van der Waals surface area contributed by atoms with Gasteiger partial charge in [0, 0.05) is 5.92 Å². The van der Waals surface area contributed by atoms with E-state index in [0.717, 1.165) is 0 Å². The smallest absolute Gasteiger partial charge is 0.135 e. The van der Waals surface area contributed by atoms with Gasteiger partial charge in [-0.25, -0.2) is 0 Å². The predicted octanol–water partition coefficient (Wildman–Crippen LogP) is 0.982. The zero-order chi connectivity index (χ0) is 7.44. The Morgan fingerprint density at radius 1 is 1.67 bits per heavy atom. The van der Waals surface area contributed by atoms with Crippen LogP contribution in [-0.2, 0) is 4.79 Å². The lowest BCUT2D eigenvalue weighted by molar-refractivity contribution is -0.123. The van der Waals surface area contributed by atoms with Crippen LogP contribution in [0.3, 0.4) is 0 Å². The van der Waals surface area contributed by atoms with E-state index >= 15 is 0 Å². The van der Waals surface area contributed by atoms with Crippen LogP contribution in [0.1, 0.15) is 27.2 Å². The summed E-state index contributed by atoms with van der Waals surface area (Å²) < 4.78 is 0. The van der Waals surface area contributed by atoms with Gasteiger partial charge in [-0.05, 0) is 13.3 Å². The molecule has 0 amide bonds. The number of aliphatic hydroxyl groups is 1. The van der Waals surface area contributed by atoms with E-state index in [1.807, 2.05) is 6.92 Å². The molecule has 0 fully saturated rings. The van der Waals surface area contributed by atoms with Crippen LogP contribution in [0, 0.1) is 5.92 Å². The average molecular weight is 130 g/mol. The van der Waals surface area contributed by atoms with E-state index in [0.29, 0.717) is 6.42 Å². The van der Waals surface area contributed by atoms with Gasteiger partial charge in [-0.2, -0.15) is 0 Å². The second-order valence-corrected chi connectivity index (χ2v) is 2.37. The van der Waals surface area contributed by atoms with Crippen LogP contribution < -0.4 is 0 Å². The minimum Gasteiger partial charge on any atom is -0.392 e. The van der Waals surface area contributed by atoms with Gasteiger partial charge in [0.1, 0.15) is 5.78 Å². The first-order chi connectivity index (χ1) is 4.09. The van der Waals surface area contributed by atoms with Crippen molar-refractivity contribution in [3.8, 4) is 0 Å². The molecule has 9 heavy (non-hydrogen) atoms. The van der Waals surface area contributed by atoms with Crippen LogP contribution in [-0.4, -0.2) is 17.0 Å². The maximum atomic E-state index is 10.6. The summed E-state index contributed by atoms with van der Waals surface area (Å²) in [7, 11) is 0. The number of rotatable bonds is 3. The monoisotopic (exact) mass is 130 g/mol. The van der Waals surface area contributed by atoms with E-state index in [1.54, 1.807) is 6.92 Å². The number of ketones is 1. The first kappa shape index (κ1) is 8.63. The lowest BCUT2D eigenvalue weighted by atomic mass is 9.99. The number of Topliss-reactive ketones (excluding diaryl/α,β-unsaturated/α-hetero) is 1. The lowest BCUT2D eigenvalue weighted by Gasteiger charge is -2.12. The Morgan fingerprint density at radius 3 is 2.22 bits per heavy atom. The fraction of sp³-hybridized carbons (Fsp3) is 0.857. The average Bonchev–Trinajstić information content (AvgIpc) is 1.84. The maximum Gasteiger partial charge on any atom is 0.135 e. The van der Waals surface area contributed by atoms with Gasteiger partial charge in [-0.1, -0.05) is 13.8 Å². The van der Waals surface area contributed by atoms with Crippen molar-refractivity contribution in [2.75, 3.05) is 0 Å². The third-order valence-electron chi connectivity index (χ3n) is 1.64. The van der Waals surface area contributed by atoms with E-state index in [2.05, 4.69) is 0 Å².